The van der Waals surface area contributed by atoms with Gasteiger partial charge in [-0.1, -0.05) is 5.16 Å². The Morgan fingerprint density at radius 2 is 2.18 bits per heavy atom. The zero-order chi connectivity index (χ0) is 7.42. The lowest BCUT2D eigenvalue weighted by Crippen LogP contribution is -2.27. The molecule has 2 nitrogen and oxygen atoms in total. The standard InChI is InChI=1S/C8H10BrNO/c9-8-6-4-1-2-5(3-4)7(6)11-10-8/h4-7H,1-3H2. The van der Waals surface area contributed by atoms with Gasteiger partial charge in [-0.3, -0.25) is 0 Å². The molecule has 11 heavy (non-hydrogen) atoms. The largest absolute Gasteiger partial charge is 0.391 e. The van der Waals surface area contributed by atoms with Crippen molar-refractivity contribution in [1.82, 2.24) is 0 Å². The third-order valence-electron chi connectivity index (χ3n) is 3.38. The van der Waals surface area contributed by atoms with Crippen LogP contribution in [0.4, 0.5) is 0 Å². The van der Waals surface area contributed by atoms with Crippen molar-refractivity contribution in [2.24, 2.45) is 22.9 Å². The van der Waals surface area contributed by atoms with Crippen molar-refractivity contribution in [2.45, 2.75) is 25.4 Å². The Morgan fingerprint density at radius 1 is 1.36 bits per heavy atom. The monoisotopic (exact) mass is 215 g/mol. The summed E-state index contributed by atoms with van der Waals surface area (Å²) in [5.41, 5.74) is 0. The molecule has 3 aliphatic rings. The van der Waals surface area contributed by atoms with Crippen LogP contribution in [-0.2, 0) is 4.84 Å². The first-order valence-electron chi connectivity index (χ1n) is 4.25. The third kappa shape index (κ3) is 0.701. The maximum absolute atomic E-state index is 5.36. The number of hydrogen-bond acceptors (Lipinski definition) is 2. The van der Waals surface area contributed by atoms with Gasteiger partial charge in [0.05, 0.1) is 5.92 Å². The number of halogens is 1. The Labute approximate surface area is 74.1 Å². The SMILES string of the molecule is BrC1=NOC2C3CCC(C3)C12. The fourth-order valence-electron chi connectivity index (χ4n) is 2.89. The molecule has 2 aliphatic carbocycles. The molecule has 0 N–H and O–H groups in total. The van der Waals surface area contributed by atoms with E-state index in [-0.39, 0.29) is 0 Å². The molecule has 3 rings (SSSR count). The summed E-state index contributed by atoms with van der Waals surface area (Å²) in [6, 6.07) is 0. The Bertz CT molecular complexity index is 228. The minimum Gasteiger partial charge on any atom is -0.391 e. The molecular weight excluding hydrogens is 206 g/mol. The molecule has 2 saturated carbocycles. The molecule has 0 aromatic rings. The topological polar surface area (TPSA) is 21.6 Å². The molecule has 1 aliphatic heterocycles. The lowest BCUT2D eigenvalue weighted by atomic mass is 9.88. The lowest BCUT2D eigenvalue weighted by Gasteiger charge is -2.21. The molecule has 0 aromatic carbocycles. The molecule has 4 atom stereocenters. The Kier molecular flexibility index (Phi) is 1.18. The predicted molar refractivity (Wildman–Crippen MR) is 45.6 cm³/mol. The van der Waals surface area contributed by atoms with E-state index in [4.69, 9.17) is 4.84 Å². The molecule has 0 radical (unpaired) electrons. The molecule has 4 unspecified atom stereocenters. The zero-order valence-corrected chi connectivity index (χ0v) is 7.75. The van der Waals surface area contributed by atoms with E-state index in [1.807, 2.05) is 0 Å². The van der Waals surface area contributed by atoms with Crippen LogP contribution >= 0.6 is 15.9 Å². The fourth-order valence-corrected chi connectivity index (χ4v) is 3.61. The van der Waals surface area contributed by atoms with E-state index in [9.17, 15) is 0 Å². The Balaban J connectivity index is 1.96. The van der Waals surface area contributed by atoms with E-state index in [0.29, 0.717) is 12.0 Å². The van der Waals surface area contributed by atoms with E-state index in [2.05, 4.69) is 21.1 Å². The van der Waals surface area contributed by atoms with Crippen molar-refractivity contribution in [2.75, 3.05) is 0 Å². The van der Waals surface area contributed by atoms with Crippen molar-refractivity contribution in [3.05, 3.63) is 0 Å². The molecule has 0 spiro atoms. The van der Waals surface area contributed by atoms with Crippen LogP contribution in [0.3, 0.4) is 0 Å². The summed E-state index contributed by atoms with van der Waals surface area (Å²) in [6.45, 7) is 0. The van der Waals surface area contributed by atoms with Gasteiger partial charge in [-0.2, -0.15) is 0 Å². The quantitative estimate of drug-likeness (QED) is 0.607. The van der Waals surface area contributed by atoms with E-state index < -0.39 is 0 Å². The van der Waals surface area contributed by atoms with Crippen molar-refractivity contribution in [1.29, 1.82) is 0 Å². The van der Waals surface area contributed by atoms with Gasteiger partial charge in [0, 0.05) is 0 Å². The summed E-state index contributed by atoms with van der Waals surface area (Å²) in [4.78, 5) is 5.36. The second-order valence-corrected chi connectivity index (χ2v) is 4.66. The van der Waals surface area contributed by atoms with Gasteiger partial charge in [-0.25, -0.2) is 0 Å². The van der Waals surface area contributed by atoms with Crippen LogP contribution in [0.1, 0.15) is 19.3 Å². The van der Waals surface area contributed by atoms with Gasteiger partial charge in [-0.15, -0.1) is 0 Å². The van der Waals surface area contributed by atoms with E-state index in [1.165, 1.54) is 19.3 Å². The maximum Gasteiger partial charge on any atom is 0.139 e. The number of oxime groups is 1. The molecule has 0 amide bonds. The summed E-state index contributed by atoms with van der Waals surface area (Å²) in [5.74, 6) is 2.29. The third-order valence-corrected chi connectivity index (χ3v) is 4.05. The van der Waals surface area contributed by atoms with Gasteiger partial charge in [-0.05, 0) is 47.0 Å². The molecule has 2 fully saturated rings. The second-order valence-electron chi connectivity index (χ2n) is 3.84. The summed E-state index contributed by atoms with van der Waals surface area (Å²) < 4.78 is 1.06. The molecule has 0 aromatic heterocycles. The summed E-state index contributed by atoms with van der Waals surface area (Å²) in [6.07, 6.45) is 4.56. The summed E-state index contributed by atoms with van der Waals surface area (Å²) in [5, 5.41) is 3.99. The summed E-state index contributed by atoms with van der Waals surface area (Å²) >= 11 is 3.47. The van der Waals surface area contributed by atoms with Crippen molar-refractivity contribution < 1.29 is 4.84 Å². The molecule has 2 bridgehead atoms. The first-order chi connectivity index (χ1) is 5.36. The first-order valence-corrected chi connectivity index (χ1v) is 5.05. The van der Waals surface area contributed by atoms with Crippen LogP contribution < -0.4 is 0 Å². The van der Waals surface area contributed by atoms with Crippen LogP contribution in [0.15, 0.2) is 5.16 Å². The van der Waals surface area contributed by atoms with Crippen LogP contribution in [0.5, 0.6) is 0 Å². The van der Waals surface area contributed by atoms with Crippen molar-refractivity contribution in [3.63, 3.8) is 0 Å². The zero-order valence-electron chi connectivity index (χ0n) is 6.16. The van der Waals surface area contributed by atoms with Gasteiger partial charge in [0.2, 0.25) is 0 Å². The second kappa shape index (κ2) is 2.00. The van der Waals surface area contributed by atoms with Gasteiger partial charge in [0.1, 0.15) is 10.7 Å². The van der Waals surface area contributed by atoms with Crippen molar-refractivity contribution >= 4 is 20.6 Å². The lowest BCUT2D eigenvalue weighted by molar-refractivity contribution is 0.0275. The van der Waals surface area contributed by atoms with Crippen LogP contribution in [0.25, 0.3) is 0 Å². The number of rotatable bonds is 0. The normalized spacial score (nSPS) is 52.3. The van der Waals surface area contributed by atoms with E-state index in [0.717, 1.165) is 16.5 Å². The average Bonchev–Trinajstić information content (AvgIpc) is 2.60. The molecule has 1 heterocycles. The highest BCUT2D eigenvalue weighted by Crippen LogP contribution is 2.53. The van der Waals surface area contributed by atoms with Gasteiger partial charge >= 0.3 is 0 Å². The van der Waals surface area contributed by atoms with Gasteiger partial charge < -0.3 is 4.84 Å². The average molecular weight is 216 g/mol. The fraction of sp³-hybridized carbons (Fsp3) is 0.875. The van der Waals surface area contributed by atoms with Crippen LogP contribution in [0.2, 0.25) is 0 Å². The molecule has 0 saturated heterocycles. The van der Waals surface area contributed by atoms with Crippen LogP contribution in [-0.4, -0.2) is 10.7 Å². The molecular formula is C8H10BrNO. The van der Waals surface area contributed by atoms with Crippen molar-refractivity contribution in [3.8, 4) is 0 Å². The Hall–Kier alpha value is -0.0500. The minimum absolute atomic E-state index is 0.433. The highest BCUT2D eigenvalue weighted by molar-refractivity contribution is 9.18. The van der Waals surface area contributed by atoms with Gasteiger partial charge in [0.25, 0.3) is 0 Å². The predicted octanol–water partition coefficient (Wildman–Crippen LogP) is 2.14. The Morgan fingerprint density at radius 3 is 3.00 bits per heavy atom. The van der Waals surface area contributed by atoms with Crippen LogP contribution in [0, 0.1) is 17.8 Å². The smallest absolute Gasteiger partial charge is 0.139 e. The molecule has 3 heteroatoms. The van der Waals surface area contributed by atoms with Gasteiger partial charge in [0.15, 0.2) is 0 Å². The minimum atomic E-state index is 0.433. The maximum atomic E-state index is 5.36. The van der Waals surface area contributed by atoms with E-state index >= 15 is 0 Å². The number of nitrogens with zero attached hydrogens (tertiary/aromatic N) is 1. The highest BCUT2D eigenvalue weighted by Gasteiger charge is 2.53. The number of hydrogen-bond donors (Lipinski definition) is 0. The molecule has 60 valence electrons. The number of fused-ring (bicyclic) bond motifs is 5. The first kappa shape index (κ1) is 6.46. The highest BCUT2D eigenvalue weighted by atomic mass is 79.9. The van der Waals surface area contributed by atoms with E-state index in [1.54, 1.807) is 0 Å². The summed E-state index contributed by atoms with van der Waals surface area (Å²) in [7, 11) is 0.